The standard InChI is InChI=1S/C25H40N.BrH/c1-2-3-4-5-6-7-8-9-10-11-12-13-14-17-21-26-22-20-24-18-15-16-19-25(24)23-26;/h15-16,18-20,22-23H,2-14,17,21H2,1H3;1H/q+1;/p-1. The summed E-state index contributed by atoms with van der Waals surface area (Å²) in [6.45, 7) is 3.45. The smallest absolute Gasteiger partial charge is 0.176 e. The van der Waals surface area contributed by atoms with Gasteiger partial charge in [-0.05, 0) is 17.9 Å². The summed E-state index contributed by atoms with van der Waals surface area (Å²) < 4.78 is 2.35. The molecule has 1 aromatic heterocycles. The van der Waals surface area contributed by atoms with Crippen molar-refractivity contribution in [2.45, 2.75) is 103 Å². The number of unbranched alkanes of at least 4 members (excludes halogenated alkanes) is 13. The molecule has 2 rings (SSSR count). The molecular weight excluding hydrogens is 394 g/mol. The van der Waals surface area contributed by atoms with Gasteiger partial charge < -0.3 is 17.0 Å². The van der Waals surface area contributed by atoms with E-state index in [2.05, 4.69) is 54.2 Å². The van der Waals surface area contributed by atoms with E-state index >= 15 is 0 Å². The molecule has 27 heavy (non-hydrogen) atoms. The maximum atomic E-state index is 2.35. The van der Waals surface area contributed by atoms with Gasteiger partial charge in [-0.25, -0.2) is 4.57 Å². The lowest BCUT2D eigenvalue weighted by Crippen LogP contribution is -3.00. The highest BCUT2D eigenvalue weighted by Gasteiger charge is 2.02. The van der Waals surface area contributed by atoms with Crippen molar-refractivity contribution in [2.75, 3.05) is 0 Å². The Morgan fingerprint density at radius 3 is 1.63 bits per heavy atom. The first-order valence-electron chi connectivity index (χ1n) is 11.3. The van der Waals surface area contributed by atoms with E-state index in [-0.39, 0.29) is 17.0 Å². The Balaban J connectivity index is 0.00000364. The Morgan fingerprint density at radius 1 is 0.593 bits per heavy atom. The van der Waals surface area contributed by atoms with Crippen LogP contribution in [0.1, 0.15) is 96.8 Å². The van der Waals surface area contributed by atoms with E-state index in [0.29, 0.717) is 0 Å². The molecule has 0 spiro atoms. The molecule has 0 radical (unpaired) electrons. The fourth-order valence-electron chi connectivity index (χ4n) is 3.81. The number of hydrogen-bond acceptors (Lipinski definition) is 0. The molecule has 0 unspecified atom stereocenters. The second kappa shape index (κ2) is 16.1. The van der Waals surface area contributed by atoms with Gasteiger partial charge in [-0.1, -0.05) is 102 Å². The van der Waals surface area contributed by atoms with E-state index < -0.39 is 0 Å². The minimum absolute atomic E-state index is 0. The lowest BCUT2D eigenvalue weighted by atomic mass is 10.0. The van der Waals surface area contributed by atoms with Crippen LogP contribution in [0, 0.1) is 0 Å². The number of pyridine rings is 1. The van der Waals surface area contributed by atoms with Gasteiger partial charge in [-0.3, -0.25) is 0 Å². The van der Waals surface area contributed by atoms with Gasteiger partial charge in [-0.15, -0.1) is 0 Å². The third-order valence-electron chi connectivity index (χ3n) is 5.52. The number of hydrogen-bond donors (Lipinski definition) is 0. The summed E-state index contributed by atoms with van der Waals surface area (Å²) in [5, 5.41) is 2.69. The van der Waals surface area contributed by atoms with Gasteiger partial charge in [-0.2, -0.15) is 0 Å². The summed E-state index contributed by atoms with van der Waals surface area (Å²) in [4.78, 5) is 0. The van der Waals surface area contributed by atoms with E-state index in [1.807, 2.05) is 0 Å². The van der Waals surface area contributed by atoms with Crippen molar-refractivity contribution >= 4 is 10.8 Å². The van der Waals surface area contributed by atoms with Gasteiger partial charge in [0.05, 0.1) is 0 Å². The summed E-state index contributed by atoms with van der Waals surface area (Å²) in [7, 11) is 0. The quantitative estimate of drug-likeness (QED) is 0.285. The molecule has 1 aromatic carbocycles. The lowest BCUT2D eigenvalue weighted by Gasteiger charge is -2.03. The number of rotatable bonds is 15. The Hall–Kier alpha value is -0.890. The highest BCUT2D eigenvalue weighted by molar-refractivity contribution is 5.80. The largest absolute Gasteiger partial charge is 1.00 e. The van der Waals surface area contributed by atoms with Gasteiger partial charge in [0.2, 0.25) is 0 Å². The minimum Gasteiger partial charge on any atom is -1.00 e. The zero-order valence-electron chi connectivity index (χ0n) is 17.5. The fraction of sp³-hybridized carbons (Fsp3) is 0.640. The summed E-state index contributed by atoms with van der Waals surface area (Å²) in [6, 6.07) is 10.9. The summed E-state index contributed by atoms with van der Waals surface area (Å²) in [5.74, 6) is 0. The highest BCUT2D eigenvalue weighted by Crippen LogP contribution is 2.13. The Labute approximate surface area is 178 Å². The number of aromatic nitrogens is 1. The Bertz CT molecular complexity index is 596. The fourth-order valence-corrected chi connectivity index (χ4v) is 3.81. The van der Waals surface area contributed by atoms with Crippen LogP contribution in [-0.4, -0.2) is 0 Å². The maximum Gasteiger partial charge on any atom is 0.176 e. The second-order valence-electron chi connectivity index (χ2n) is 7.91. The molecule has 0 bridgehead atoms. The molecule has 0 aliphatic carbocycles. The number of benzene rings is 1. The summed E-state index contributed by atoms with van der Waals surface area (Å²) >= 11 is 0. The number of halogens is 1. The minimum atomic E-state index is 0. The monoisotopic (exact) mass is 433 g/mol. The molecule has 1 heterocycles. The van der Waals surface area contributed by atoms with Crippen LogP contribution < -0.4 is 21.5 Å². The third-order valence-corrected chi connectivity index (χ3v) is 5.52. The zero-order chi connectivity index (χ0) is 18.3. The SMILES string of the molecule is CCCCCCCCCCCCCCCC[n+]1ccc2ccccc2c1.[Br-]. The van der Waals surface area contributed by atoms with Crippen LogP contribution in [0.2, 0.25) is 0 Å². The van der Waals surface area contributed by atoms with Crippen molar-refractivity contribution in [3.63, 3.8) is 0 Å². The molecule has 0 saturated heterocycles. The maximum absolute atomic E-state index is 2.35. The van der Waals surface area contributed by atoms with Crippen LogP contribution in [0.15, 0.2) is 42.7 Å². The number of aryl methyl sites for hydroxylation is 1. The molecule has 0 atom stereocenters. The molecule has 0 amide bonds. The van der Waals surface area contributed by atoms with Crippen LogP contribution in [0.4, 0.5) is 0 Å². The van der Waals surface area contributed by atoms with Crippen molar-refractivity contribution in [3.8, 4) is 0 Å². The van der Waals surface area contributed by atoms with E-state index in [9.17, 15) is 0 Å². The van der Waals surface area contributed by atoms with Crippen LogP contribution in [0.3, 0.4) is 0 Å². The Morgan fingerprint density at radius 2 is 1.07 bits per heavy atom. The van der Waals surface area contributed by atoms with Gasteiger partial charge in [0, 0.05) is 17.9 Å². The first-order chi connectivity index (χ1) is 12.9. The van der Waals surface area contributed by atoms with Gasteiger partial charge in [0.15, 0.2) is 12.4 Å². The van der Waals surface area contributed by atoms with E-state index in [0.717, 1.165) is 6.54 Å². The number of nitrogens with zero attached hydrogens (tertiary/aromatic N) is 1. The van der Waals surface area contributed by atoms with E-state index in [1.165, 1.54) is 101 Å². The predicted molar refractivity (Wildman–Crippen MR) is 114 cm³/mol. The molecule has 0 saturated carbocycles. The first-order valence-corrected chi connectivity index (χ1v) is 11.3. The van der Waals surface area contributed by atoms with Crippen LogP contribution in [-0.2, 0) is 6.54 Å². The third kappa shape index (κ3) is 10.9. The van der Waals surface area contributed by atoms with Gasteiger partial charge in [0.1, 0.15) is 6.54 Å². The van der Waals surface area contributed by atoms with E-state index in [1.54, 1.807) is 0 Å². The highest BCUT2D eigenvalue weighted by atomic mass is 79.9. The molecule has 0 aliphatic heterocycles. The number of fused-ring (bicyclic) bond motifs is 1. The average molecular weight is 435 g/mol. The zero-order valence-corrected chi connectivity index (χ0v) is 19.1. The Kier molecular flexibility index (Phi) is 14.4. The van der Waals surface area contributed by atoms with E-state index in [4.69, 9.17) is 0 Å². The molecule has 2 aromatic rings. The molecule has 152 valence electrons. The topological polar surface area (TPSA) is 3.88 Å². The lowest BCUT2D eigenvalue weighted by molar-refractivity contribution is -0.696. The summed E-state index contributed by atoms with van der Waals surface area (Å²) in [5.41, 5.74) is 0. The molecule has 1 nitrogen and oxygen atoms in total. The van der Waals surface area contributed by atoms with Gasteiger partial charge >= 0.3 is 0 Å². The van der Waals surface area contributed by atoms with Crippen molar-refractivity contribution in [1.82, 2.24) is 0 Å². The van der Waals surface area contributed by atoms with Crippen LogP contribution in [0.25, 0.3) is 10.8 Å². The van der Waals surface area contributed by atoms with Crippen molar-refractivity contribution < 1.29 is 21.5 Å². The van der Waals surface area contributed by atoms with Crippen LogP contribution in [0.5, 0.6) is 0 Å². The molecule has 0 N–H and O–H groups in total. The van der Waals surface area contributed by atoms with Gasteiger partial charge in [0.25, 0.3) is 0 Å². The average Bonchev–Trinajstić information content (AvgIpc) is 2.68. The second-order valence-corrected chi connectivity index (χ2v) is 7.91. The molecule has 0 fully saturated rings. The first kappa shape index (κ1) is 24.1. The molecule has 0 aliphatic rings. The van der Waals surface area contributed by atoms with Crippen molar-refractivity contribution in [2.24, 2.45) is 0 Å². The van der Waals surface area contributed by atoms with Crippen molar-refractivity contribution in [1.29, 1.82) is 0 Å². The predicted octanol–water partition coefficient (Wildman–Crippen LogP) is 4.61. The summed E-state index contributed by atoms with van der Waals surface area (Å²) in [6.07, 6.45) is 24.5. The molecular formula is C25H40BrN. The normalized spacial score (nSPS) is 10.9. The van der Waals surface area contributed by atoms with Crippen molar-refractivity contribution in [3.05, 3.63) is 42.7 Å². The molecule has 2 heteroatoms. The van der Waals surface area contributed by atoms with Crippen LogP contribution >= 0.6 is 0 Å².